The van der Waals surface area contributed by atoms with Gasteiger partial charge in [-0.05, 0) is 24.6 Å². The zero-order valence-electron chi connectivity index (χ0n) is 10.1. The van der Waals surface area contributed by atoms with Gasteiger partial charge in [-0.15, -0.1) is 0 Å². The molecule has 0 aromatic heterocycles. The number of hydrogen-bond donors (Lipinski definition) is 0. The molecule has 1 aromatic carbocycles. The number of carbonyl (C=O) groups is 1. The summed E-state index contributed by atoms with van der Waals surface area (Å²) in [4.78, 5) is 13.4. The Kier molecular flexibility index (Phi) is 5.85. The highest BCUT2D eigenvalue weighted by Crippen LogP contribution is 2.35. The standard InChI is InChI=1S/C12H12Br2F3NO/c1-18(6-2-5-13)11(19)8-3-4-10(14)9(7-8)12(15,16)17/h3-4,7H,2,5-6H2,1H3. The van der Waals surface area contributed by atoms with Gasteiger partial charge in [-0.3, -0.25) is 4.79 Å². The number of nitrogens with zero attached hydrogens (tertiary/aromatic N) is 1. The van der Waals surface area contributed by atoms with Crippen LogP contribution in [0.1, 0.15) is 22.3 Å². The molecule has 1 aromatic rings. The third-order valence-corrected chi connectivity index (χ3v) is 3.74. The Morgan fingerprint density at radius 2 is 2.00 bits per heavy atom. The van der Waals surface area contributed by atoms with Crippen LogP contribution in [-0.4, -0.2) is 29.7 Å². The Labute approximate surface area is 126 Å². The van der Waals surface area contributed by atoms with Gasteiger partial charge in [-0.25, -0.2) is 0 Å². The van der Waals surface area contributed by atoms with Crippen LogP contribution >= 0.6 is 31.9 Å². The van der Waals surface area contributed by atoms with Crippen LogP contribution in [0.2, 0.25) is 0 Å². The average molecular weight is 403 g/mol. The van der Waals surface area contributed by atoms with E-state index < -0.39 is 17.6 Å². The van der Waals surface area contributed by atoms with Crippen LogP contribution in [-0.2, 0) is 6.18 Å². The second-order valence-corrected chi connectivity index (χ2v) is 5.61. The molecule has 0 saturated carbocycles. The summed E-state index contributed by atoms with van der Waals surface area (Å²) in [6.45, 7) is 0.488. The lowest BCUT2D eigenvalue weighted by atomic mass is 10.1. The predicted molar refractivity (Wildman–Crippen MR) is 74.5 cm³/mol. The molecule has 0 aliphatic carbocycles. The molecular formula is C12H12Br2F3NO. The Morgan fingerprint density at radius 3 is 2.53 bits per heavy atom. The summed E-state index contributed by atoms with van der Waals surface area (Å²) in [5.74, 6) is -0.418. The molecule has 0 saturated heterocycles. The molecule has 1 amide bonds. The van der Waals surface area contributed by atoms with Gasteiger partial charge in [0.15, 0.2) is 0 Å². The van der Waals surface area contributed by atoms with Crippen molar-refractivity contribution in [1.82, 2.24) is 4.90 Å². The average Bonchev–Trinajstić information content (AvgIpc) is 2.34. The molecule has 19 heavy (non-hydrogen) atoms. The zero-order chi connectivity index (χ0) is 14.6. The minimum absolute atomic E-state index is 0.0348. The van der Waals surface area contributed by atoms with E-state index in [0.717, 1.165) is 17.8 Å². The first-order valence-electron chi connectivity index (χ1n) is 5.45. The fourth-order valence-electron chi connectivity index (χ4n) is 1.49. The molecule has 2 nitrogen and oxygen atoms in total. The van der Waals surface area contributed by atoms with Gasteiger partial charge in [-0.2, -0.15) is 13.2 Å². The highest BCUT2D eigenvalue weighted by atomic mass is 79.9. The summed E-state index contributed by atoms with van der Waals surface area (Å²) in [6, 6.07) is 3.50. The van der Waals surface area contributed by atoms with Crippen molar-refractivity contribution in [2.45, 2.75) is 12.6 Å². The van der Waals surface area contributed by atoms with E-state index in [1.807, 2.05) is 0 Å². The number of benzene rings is 1. The Bertz CT molecular complexity index is 463. The fourth-order valence-corrected chi connectivity index (χ4v) is 2.22. The van der Waals surface area contributed by atoms with Crippen molar-refractivity contribution in [2.75, 3.05) is 18.9 Å². The monoisotopic (exact) mass is 401 g/mol. The van der Waals surface area contributed by atoms with Crippen LogP contribution in [0.4, 0.5) is 13.2 Å². The van der Waals surface area contributed by atoms with Crippen molar-refractivity contribution < 1.29 is 18.0 Å². The van der Waals surface area contributed by atoms with E-state index in [4.69, 9.17) is 0 Å². The molecule has 0 radical (unpaired) electrons. The van der Waals surface area contributed by atoms with Crippen LogP contribution in [0.5, 0.6) is 0 Å². The molecule has 0 heterocycles. The molecule has 1 rings (SSSR count). The first-order valence-corrected chi connectivity index (χ1v) is 7.37. The minimum atomic E-state index is -4.48. The summed E-state index contributed by atoms with van der Waals surface area (Å²) in [6.07, 6.45) is -3.74. The Balaban J connectivity index is 2.99. The maximum absolute atomic E-state index is 12.7. The largest absolute Gasteiger partial charge is 0.417 e. The third kappa shape index (κ3) is 4.49. The topological polar surface area (TPSA) is 20.3 Å². The van der Waals surface area contributed by atoms with Crippen molar-refractivity contribution in [3.05, 3.63) is 33.8 Å². The van der Waals surface area contributed by atoms with Crippen LogP contribution in [0, 0.1) is 0 Å². The molecule has 0 bridgehead atoms. The van der Waals surface area contributed by atoms with Gasteiger partial charge in [-0.1, -0.05) is 31.9 Å². The first kappa shape index (κ1) is 16.5. The Hall–Kier alpha value is -0.560. The van der Waals surface area contributed by atoms with E-state index in [9.17, 15) is 18.0 Å². The summed E-state index contributed by atoms with van der Waals surface area (Å²) in [7, 11) is 1.57. The van der Waals surface area contributed by atoms with Gasteiger partial charge in [0, 0.05) is 29.0 Å². The molecule has 7 heteroatoms. The van der Waals surface area contributed by atoms with Gasteiger partial charge in [0.2, 0.25) is 0 Å². The van der Waals surface area contributed by atoms with Gasteiger partial charge in [0.05, 0.1) is 5.56 Å². The zero-order valence-corrected chi connectivity index (χ0v) is 13.3. The van der Waals surface area contributed by atoms with Crippen molar-refractivity contribution >= 4 is 37.8 Å². The van der Waals surface area contributed by atoms with E-state index in [1.165, 1.54) is 17.0 Å². The lowest BCUT2D eigenvalue weighted by molar-refractivity contribution is -0.138. The number of halogens is 5. The highest BCUT2D eigenvalue weighted by molar-refractivity contribution is 9.10. The summed E-state index contributed by atoms with van der Waals surface area (Å²) >= 11 is 6.08. The van der Waals surface area contributed by atoms with Crippen LogP contribution < -0.4 is 0 Å². The quantitative estimate of drug-likeness (QED) is 0.686. The summed E-state index contributed by atoms with van der Waals surface area (Å²) in [5, 5.41) is 0.735. The van der Waals surface area contributed by atoms with Gasteiger partial charge >= 0.3 is 6.18 Å². The number of alkyl halides is 4. The van der Waals surface area contributed by atoms with Crippen molar-refractivity contribution in [1.29, 1.82) is 0 Å². The highest BCUT2D eigenvalue weighted by Gasteiger charge is 2.33. The lowest BCUT2D eigenvalue weighted by Crippen LogP contribution is -2.28. The van der Waals surface area contributed by atoms with Crippen molar-refractivity contribution in [2.24, 2.45) is 0 Å². The minimum Gasteiger partial charge on any atom is -0.342 e. The first-order chi connectivity index (χ1) is 8.77. The summed E-state index contributed by atoms with van der Waals surface area (Å²) in [5.41, 5.74) is -0.806. The molecule has 0 unspecified atom stereocenters. The van der Waals surface area contributed by atoms with E-state index in [2.05, 4.69) is 31.9 Å². The van der Waals surface area contributed by atoms with Crippen molar-refractivity contribution in [3.8, 4) is 0 Å². The van der Waals surface area contributed by atoms with Crippen LogP contribution in [0.15, 0.2) is 22.7 Å². The number of carbonyl (C=O) groups excluding carboxylic acids is 1. The van der Waals surface area contributed by atoms with E-state index >= 15 is 0 Å². The molecule has 0 aliphatic heterocycles. The fraction of sp³-hybridized carbons (Fsp3) is 0.417. The number of rotatable bonds is 4. The molecule has 106 valence electrons. The SMILES string of the molecule is CN(CCCBr)C(=O)c1ccc(Br)c(C(F)(F)F)c1. The number of amides is 1. The van der Waals surface area contributed by atoms with Crippen LogP contribution in [0.3, 0.4) is 0 Å². The number of hydrogen-bond acceptors (Lipinski definition) is 1. The third-order valence-electron chi connectivity index (χ3n) is 2.49. The molecule has 0 spiro atoms. The van der Waals surface area contributed by atoms with Gasteiger partial charge in [0.1, 0.15) is 0 Å². The van der Waals surface area contributed by atoms with E-state index in [0.29, 0.717) is 6.54 Å². The molecule has 0 fully saturated rings. The van der Waals surface area contributed by atoms with Gasteiger partial charge in [0.25, 0.3) is 5.91 Å². The molecule has 0 aliphatic rings. The Morgan fingerprint density at radius 1 is 1.37 bits per heavy atom. The normalized spacial score (nSPS) is 11.5. The second kappa shape index (κ2) is 6.74. The molecular weight excluding hydrogens is 391 g/mol. The predicted octanol–water partition coefficient (Wildman–Crippen LogP) is 4.32. The second-order valence-electron chi connectivity index (χ2n) is 3.96. The molecule has 0 atom stereocenters. The van der Waals surface area contributed by atoms with E-state index in [-0.39, 0.29) is 10.0 Å². The van der Waals surface area contributed by atoms with E-state index in [1.54, 1.807) is 7.05 Å². The summed E-state index contributed by atoms with van der Waals surface area (Å²) < 4.78 is 38.1. The van der Waals surface area contributed by atoms with Crippen LogP contribution in [0.25, 0.3) is 0 Å². The van der Waals surface area contributed by atoms with Crippen molar-refractivity contribution in [3.63, 3.8) is 0 Å². The molecule has 0 N–H and O–H groups in total. The lowest BCUT2D eigenvalue weighted by Gasteiger charge is -2.18. The maximum Gasteiger partial charge on any atom is 0.417 e. The van der Waals surface area contributed by atoms with Gasteiger partial charge < -0.3 is 4.90 Å². The maximum atomic E-state index is 12.7. The smallest absolute Gasteiger partial charge is 0.342 e.